The largest absolute Gasteiger partial charge is 0.496 e. The molecular formula is C17H25NO3. The highest BCUT2D eigenvalue weighted by Crippen LogP contribution is 2.20. The van der Waals surface area contributed by atoms with Gasteiger partial charge in [-0.15, -0.1) is 0 Å². The lowest BCUT2D eigenvalue weighted by Crippen LogP contribution is -2.31. The zero-order chi connectivity index (χ0) is 15.7. The van der Waals surface area contributed by atoms with E-state index in [1.165, 1.54) is 11.6 Å². The number of nitrogens with zero attached hydrogens (tertiary/aromatic N) is 1. The topological polar surface area (TPSA) is 38.8 Å². The SMILES string of the molecule is CCOC(=O)/C=C/CN(C)C(C)Cc1ccccc1OC. The first kappa shape index (κ1) is 17.2. The summed E-state index contributed by atoms with van der Waals surface area (Å²) in [6.07, 6.45) is 4.21. The van der Waals surface area contributed by atoms with E-state index in [1.807, 2.05) is 31.3 Å². The van der Waals surface area contributed by atoms with Crippen LogP contribution in [0.4, 0.5) is 0 Å². The zero-order valence-corrected chi connectivity index (χ0v) is 13.3. The van der Waals surface area contributed by atoms with Crippen LogP contribution in [0.3, 0.4) is 0 Å². The summed E-state index contributed by atoms with van der Waals surface area (Å²) in [5.41, 5.74) is 1.19. The lowest BCUT2D eigenvalue weighted by Gasteiger charge is -2.24. The van der Waals surface area contributed by atoms with Crippen LogP contribution in [-0.4, -0.2) is 44.2 Å². The Hall–Kier alpha value is -1.81. The minimum atomic E-state index is -0.289. The van der Waals surface area contributed by atoms with E-state index in [4.69, 9.17) is 9.47 Å². The molecule has 0 aliphatic carbocycles. The van der Waals surface area contributed by atoms with Gasteiger partial charge in [0.15, 0.2) is 0 Å². The van der Waals surface area contributed by atoms with Gasteiger partial charge in [0.2, 0.25) is 0 Å². The van der Waals surface area contributed by atoms with Gasteiger partial charge >= 0.3 is 5.97 Å². The van der Waals surface area contributed by atoms with Crippen molar-refractivity contribution >= 4 is 5.97 Å². The Morgan fingerprint density at radius 3 is 2.76 bits per heavy atom. The molecule has 4 nitrogen and oxygen atoms in total. The average molecular weight is 291 g/mol. The molecule has 116 valence electrons. The molecule has 0 aromatic heterocycles. The number of carbonyl (C=O) groups excluding carboxylic acids is 1. The van der Waals surface area contributed by atoms with Crippen molar-refractivity contribution < 1.29 is 14.3 Å². The van der Waals surface area contributed by atoms with Crippen LogP contribution in [0.25, 0.3) is 0 Å². The molecule has 1 atom stereocenters. The Balaban J connectivity index is 2.51. The Morgan fingerprint density at radius 1 is 1.38 bits per heavy atom. The molecule has 0 amide bonds. The van der Waals surface area contributed by atoms with Gasteiger partial charge in [-0.3, -0.25) is 4.90 Å². The average Bonchev–Trinajstić information content (AvgIpc) is 2.47. The smallest absolute Gasteiger partial charge is 0.330 e. The van der Waals surface area contributed by atoms with Crippen LogP contribution < -0.4 is 4.74 Å². The van der Waals surface area contributed by atoms with E-state index in [0.29, 0.717) is 19.2 Å². The maximum atomic E-state index is 11.2. The molecule has 0 spiro atoms. The van der Waals surface area contributed by atoms with Crippen molar-refractivity contribution in [1.29, 1.82) is 0 Å². The molecule has 0 bridgehead atoms. The van der Waals surface area contributed by atoms with Crippen LogP contribution in [0, 0.1) is 0 Å². The minimum Gasteiger partial charge on any atom is -0.496 e. The summed E-state index contributed by atoms with van der Waals surface area (Å²) in [6.45, 7) is 5.07. The fraction of sp³-hybridized carbons (Fsp3) is 0.471. The molecule has 21 heavy (non-hydrogen) atoms. The number of hydrogen-bond donors (Lipinski definition) is 0. The number of para-hydroxylation sites is 1. The standard InChI is InChI=1S/C17H25NO3/c1-5-21-17(19)11-8-12-18(3)14(2)13-15-9-6-7-10-16(15)20-4/h6-11,14H,5,12-13H2,1-4H3/b11-8+. The quantitative estimate of drug-likeness (QED) is 0.545. The molecule has 0 fully saturated rings. The molecule has 1 aromatic rings. The first-order valence-electron chi connectivity index (χ1n) is 7.23. The number of ether oxygens (including phenoxy) is 2. The second kappa shape index (κ2) is 9.19. The second-order valence-electron chi connectivity index (χ2n) is 4.96. The van der Waals surface area contributed by atoms with E-state index in [0.717, 1.165) is 12.2 Å². The summed E-state index contributed by atoms with van der Waals surface area (Å²) >= 11 is 0. The Bertz CT molecular complexity index is 471. The van der Waals surface area contributed by atoms with Crippen LogP contribution in [0.2, 0.25) is 0 Å². The maximum absolute atomic E-state index is 11.2. The summed E-state index contributed by atoms with van der Waals surface area (Å²) in [7, 11) is 3.73. The number of likely N-dealkylation sites (N-methyl/N-ethyl adjacent to an activating group) is 1. The van der Waals surface area contributed by atoms with Crippen molar-refractivity contribution in [2.45, 2.75) is 26.3 Å². The number of esters is 1. The van der Waals surface area contributed by atoms with Gasteiger partial charge < -0.3 is 9.47 Å². The molecule has 0 N–H and O–H groups in total. The van der Waals surface area contributed by atoms with Gasteiger partial charge in [-0.25, -0.2) is 4.79 Å². The fourth-order valence-corrected chi connectivity index (χ4v) is 2.03. The van der Waals surface area contributed by atoms with Crippen molar-refractivity contribution in [2.75, 3.05) is 27.3 Å². The molecule has 1 rings (SSSR count). The third kappa shape index (κ3) is 6.00. The molecule has 0 saturated heterocycles. The highest BCUT2D eigenvalue weighted by atomic mass is 16.5. The van der Waals surface area contributed by atoms with Gasteiger partial charge in [0.05, 0.1) is 13.7 Å². The summed E-state index contributed by atoms with van der Waals surface area (Å²) in [4.78, 5) is 13.4. The van der Waals surface area contributed by atoms with Crippen molar-refractivity contribution in [2.24, 2.45) is 0 Å². The van der Waals surface area contributed by atoms with Gasteiger partial charge in [-0.05, 0) is 38.9 Å². The summed E-state index contributed by atoms with van der Waals surface area (Å²) in [6, 6.07) is 8.39. The highest BCUT2D eigenvalue weighted by Gasteiger charge is 2.11. The lowest BCUT2D eigenvalue weighted by molar-refractivity contribution is -0.137. The number of benzene rings is 1. The van der Waals surface area contributed by atoms with E-state index in [1.54, 1.807) is 14.0 Å². The second-order valence-corrected chi connectivity index (χ2v) is 4.96. The molecule has 4 heteroatoms. The molecular weight excluding hydrogens is 266 g/mol. The van der Waals surface area contributed by atoms with E-state index < -0.39 is 0 Å². The molecule has 0 aliphatic rings. The first-order chi connectivity index (χ1) is 10.1. The van der Waals surface area contributed by atoms with Gasteiger partial charge in [0, 0.05) is 18.7 Å². The molecule has 0 heterocycles. The normalized spacial score (nSPS) is 12.6. The summed E-state index contributed by atoms with van der Waals surface area (Å²) in [5.74, 6) is 0.628. The molecule has 1 unspecified atom stereocenters. The number of hydrogen-bond acceptors (Lipinski definition) is 4. The monoisotopic (exact) mass is 291 g/mol. The summed E-state index contributed by atoms with van der Waals surface area (Å²) < 4.78 is 10.2. The first-order valence-corrected chi connectivity index (χ1v) is 7.23. The van der Waals surface area contributed by atoms with E-state index in [-0.39, 0.29) is 5.97 Å². The van der Waals surface area contributed by atoms with Crippen LogP contribution >= 0.6 is 0 Å². The molecule has 0 aliphatic heterocycles. The van der Waals surface area contributed by atoms with E-state index in [2.05, 4.69) is 17.9 Å². The van der Waals surface area contributed by atoms with Gasteiger partial charge in [0.1, 0.15) is 5.75 Å². The van der Waals surface area contributed by atoms with Crippen molar-refractivity contribution in [3.05, 3.63) is 42.0 Å². The Labute approximate surface area is 127 Å². The lowest BCUT2D eigenvalue weighted by atomic mass is 10.1. The molecule has 0 radical (unpaired) electrons. The number of rotatable bonds is 8. The fourth-order valence-electron chi connectivity index (χ4n) is 2.03. The molecule has 1 aromatic carbocycles. The van der Waals surface area contributed by atoms with Crippen molar-refractivity contribution in [3.63, 3.8) is 0 Å². The number of methoxy groups -OCH3 is 1. The van der Waals surface area contributed by atoms with Crippen LogP contribution in [-0.2, 0) is 16.0 Å². The highest BCUT2D eigenvalue weighted by molar-refractivity contribution is 5.81. The van der Waals surface area contributed by atoms with E-state index >= 15 is 0 Å². The van der Waals surface area contributed by atoms with Crippen molar-refractivity contribution in [1.82, 2.24) is 4.90 Å². The maximum Gasteiger partial charge on any atom is 0.330 e. The number of carbonyl (C=O) groups is 1. The predicted octanol–water partition coefficient (Wildman–Crippen LogP) is 2.68. The Kier molecular flexibility index (Phi) is 7.54. The third-order valence-corrected chi connectivity index (χ3v) is 3.39. The predicted molar refractivity (Wildman–Crippen MR) is 84.6 cm³/mol. The Morgan fingerprint density at radius 2 is 2.10 bits per heavy atom. The zero-order valence-electron chi connectivity index (χ0n) is 13.3. The van der Waals surface area contributed by atoms with Crippen molar-refractivity contribution in [3.8, 4) is 5.75 Å². The van der Waals surface area contributed by atoms with Crippen LogP contribution in [0.1, 0.15) is 19.4 Å². The van der Waals surface area contributed by atoms with Crippen LogP contribution in [0.5, 0.6) is 5.75 Å². The van der Waals surface area contributed by atoms with Gasteiger partial charge in [-0.1, -0.05) is 24.3 Å². The minimum absolute atomic E-state index is 0.289. The summed E-state index contributed by atoms with van der Waals surface area (Å²) in [5, 5.41) is 0. The van der Waals surface area contributed by atoms with Gasteiger partial charge in [-0.2, -0.15) is 0 Å². The van der Waals surface area contributed by atoms with Crippen LogP contribution in [0.15, 0.2) is 36.4 Å². The third-order valence-electron chi connectivity index (χ3n) is 3.39. The van der Waals surface area contributed by atoms with Gasteiger partial charge in [0.25, 0.3) is 0 Å². The van der Waals surface area contributed by atoms with E-state index in [9.17, 15) is 4.79 Å². The molecule has 0 saturated carbocycles.